The van der Waals surface area contributed by atoms with Crippen LogP contribution in [0.5, 0.6) is 0 Å². The van der Waals surface area contributed by atoms with Gasteiger partial charge in [0.25, 0.3) is 0 Å². The van der Waals surface area contributed by atoms with Crippen LogP contribution in [0.4, 0.5) is 0 Å². The van der Waals surface area contributed by atoms with Crippen molar-refractivity contribution in [2.75, 3.05) is 0 Å². The van der Waals surface area contributed by atoms with Gasteiger partial charge in [0, 0.05) is 12.0 Å². The third-order valence-corrected chi connectivity index (χ3v) is 2.51. The Bertz CT molecular complexity index is 266. The molecule has 0 aromatic rings. The normalized spacial score (nSPS) is 17.8. The van der Waals surface area contributed by atoms with Crippen LogP contribution in [-0.2, 0) is 9.53 Å². The van der Waals surface area contributed by atoms with Gasteiger partial charge in [-0.2, -0.15) is 0 Å². The zero-order valence-corrected chi connectivity index (χ0v) is 9.43. The largest absolute Gasteiger partial charge is 0.459 e. The van der Waals surface area contributed by atoms with Crippen molar-refractivity contribution in [3.8, 4) is 0 Å². The molecule has 1 aliphatic carbocycles. The van der Waals surface area contributed by atoms with E-state index < -0.39 is 0 Å². The van der Waals surface area contributed by atoms with Gasteiger partial charge < -0.3 is 4.74 Å². The number of hydrogen-bond acceptors (Lipinski definition) is 2. The fourth-order valence-electron chi connectivity index (χ4n) is 0.973. The second kappa shape index (κ2) is 4.61. The molecule has 1 atom stereocenters. The second-order valence-corrected chi connectivity index (χ2v) is 4.12. The average molecular weight is 245 g/mol. The van der Waals surface area contributed by atoms with Gasteiger partial charge in [-0.1, -0.05) is 35.0 Å². The van der Waals surface area contributed by atoms with E-state index in [4.69, 9.17) is 4.74 Å². The molecule has 1 rings (SSSR count). The van der Waals surface area contributed by atoms with E-state index in [2.05, 4.69) is 15.9 Å². The van der Waals surface area contributed by atoms with Crippen molar-refractivity contribution in [2.45, 2.75) is 32.8 Å². The third-order valence-electron chi connectivity index (χ3n) is 1.97. The monoisotopic (exact) mass is 244 g/mol. The van der Waals surface area contributed by atoms with Gasteiger partial charge in [-0.3, -0.25) is 0 Å². The minimum atomic E-state index is -0.194. The quantitative estimate of drug-likeness (QED) is 0.714. The minimum absolute atomic E-state index is 0.00720. The molecule has 0 fully saturated rings. The van der Waals surface area contributed by atoms with Crippen LogP contribution in [-0.4, -0.2) is 12.1 Å². The maximum Gasteiger partial charge on any atom is 0.334 e. The molecule has 0 radical (unpaired) electrons. The number of halogens is 1. The first-order valence-electron chi connectivity index (χ1n) is 4.39. The van der Waals surface area contributed by atoms with Gasteiger partial charge in [0.2, 0.25) is 0 Å². The summed E-state index contributed by atoms with van der Waals surface area (Å²) in [5.41, 5.74) is 0.729. The first-order valence-corrected chi connectivity index (χ1v) is 5.19. The highest BCUT2D eigenvalue weighted by Crippen LogP contribution is 2.24. The number of esters is 1. The molecule has 1 aliphatic rings. The summed E-state index contributed by atoms with van der Waals surface area (Å²) in [6.07, 6.45) is 5.21. The second-order valence-electron chi connectivity index (χ2n) is 3.11. The molecule has 0 aromatic heterocycles. The van der Waals surface area contributed by atoms with E-state index in [0.29, 0.717) is 6.42 Å². The molecule has 0 aliphatic heterocycles. The summed E-state index contributed by atoms with van der Waals surface area (Å²) in [6, 6.07) is 0. The first kappa shape index (κ1) is 10.5. The third kappa shape index (κ3) is 2.99. The smallest absolute Gasteiger partial charge is 0.334 e. The molecule has 0 saturated heterocycles. The van der Waals surface area contributed by atoms with Gasteiger partial charge in [-0.15, -0.1) is 0 Å². The molecular formula is C10H13BrO2. The van der Waals surface area contributed by atoms with Crippen LogP contribution in [0, 0.1) is 0 Å². The van der Waals surface area contributed by atoms with Gasteiger partial charge in [0.15, 0.2) is 0 Å². The highest BCUT2D eigenvalue weighted by Gasteiger charge is 2.16. The molecular weight excluding hydrogens is 232 g/mol. The van der Waals surface area contributed by atoms with Crippen molar-refractivity contribution in [3.63, 3.8) is 0 Å². The van der Waals surface area contributed by atoms with Crippen molar-refractivity contribution < 1.29 is 9.53 Å². The lowest BCUT2D eigenvalue weighted by Crippen LogP contribution is -2.15. The summed E-state index contributed by atoms with van der Waals surface area (Å²) in [6.45, 7) is 3.89. The molecule has 3 heteroatoms. The maximum atomic E-state index is 11.4. The summed E-state index contributed by atoms with van der Waals surface area (Å²) in [7, 11) is 0. The Balaban J connectivity index is 2.43. The predicted molar refractivity (Wildman–Crippen MR) is 55.6 cm³/mol. The van der Waals surface area contributed by atoms with E-state index in [1.165, 1.54) is 0 Å². The van der Waals surface area contributed by atoms with Crippen molar-refractivity contribution >= 4 is 21.9 Å². The molecule has 2 nitrogen and oxygen atoms in total. The van der Waals surface area contributed by atoms with E-state index in [-0.39, 0.29) is 12.1 Å². The SMILES string of the molecule is CCC(C)OC(=O)C1=CC=C(Br)C1. The number of hydrogen-bond donors (Lipinski definition) is 0. The van der Waals surface area contributed by atoms with Gasteiger partial charge in [-0.05, 0) is 17.8 Å². The zero-order chi connectivity index (χ0) is 9.84. The van der Waals surface area contributed by atoms with E-state index in [9.17, 15) is 4.79 Å². The van der Waals surface area contributed by atoms with Crippen molar-refractivity contribution in [1.29, 1.82) is 0 Å². The number of carbonyl (C=O) groups excluding carboxylic acids is 1. The van der Waals surface area contributed by atoms with E-state index in [1.807, 2.05) is 19.9 Å². The van der Waals surface area contributed by atoms with Crippen LogP contribution in [0.25, 0.3) is 0 Å². The van der Waals surface area contributed by atoms with E-state index in [1.54, 1.807) is 6.08 Å². The van der Waals surface area contributed by atoms with Gasteiger partial charge >= 0.3 is 5.97 Å². The number of rotatable bonds is 3. The van der Waals surface area contributed by atoms with Crippen LogP contribution < -0.4 is 0 Å². The Morgan fingerprint density at radius 2 is 2.38 bits per heavy atom. The lowest BCUT2D eigenvalue weighted by molar-refractivity contribution is -0.143. The minimum Gasteiger partial charge on any atom is -0.459 e. The Kier molecular flexibility index (Phi) is 3.72. The highest BCUT2D eigenvalue weighted by molar-refractivity contribution is 9.11. The molecule has 0 saturated carbocycles. The maximum absolute atomic E-state index is 11.4. The van der Waals surface area contributed by atoms with Crippen LogP contribution in [0.15, 0.2) is 22.2 Å². The van der Waals surface area contributed by atoms with Crippen LogP contribution >= 0.6 is 15.9 Å². The predicted octanol–water partition coefficient (Wildman–Crippen LogP) is 2.94. The Hall–Kier alpha value is -0.570. The van der Waals surface area contributed by atoms with Crippen LogP contribution in [0.3, 0.4) is 0 Å². The van der Waals surface area contributed by atoms with Crippen LogP contribution in [0.2, 0.25) is 0 Å². The lowest BCUT2D eigenvalue weighted by Gasteiger charge is -2.10. The topological polar surface area (TPSA) is 26.3 Å². The van der Waals surface area contributed by atoms with Gasteiger partial charge in [0.1, 0.15) is 0 Å². The summed E-state index contributed by atoms with van der Waals surface area (Å²) in [5, 5.41) is 0. The molecule has 0 spiro atoms. The van der Waals surface area contributed by atoms with E-state index in [0.717, 1.165) is 16.5 Å². The number of ether oxygens (including phenoxy) is 1. The molecule has 1 unspecified atom stereocenters. The summed E-state index contributed by atoms with van der Waals surface area (Å²) >= 11 is 3.33. The van der Waals surface area contributed by atoms with Crippen molar-refractivity contribution in [3.05, 3.63) is 22.2 Å². The highest BCUT2D eigenvalue weighted by atomic mass is 79.9. The van der Waals surface area contributed by atoms with Gasteiger partial charge in [-0.25, -0.2) is 4.79 Å². The summed E-state index contributed by atoms with van der Waals surface area (Å²) in [4.78, 5) is 11.4. The molecule has 13 heavy (non-hydrogen) atoms. The first-order chi connectivity index (χ1) is 6.13. The fraction of sp³-hybridized carbons (Fsp3) is 0.500. The fourth-order valence-corrected chi connectivity index (χ4v) is 1.41. The molecule has 0 heterocycles. The summed E-state index contributed by atoms with van der Waals surface area (Å²) in [5.74, 6) is -0.194. The lowest BCUT2D eigenvalue weighted by atomic mass is 10.2. The number of allylic oxidation sites excluding steroid dienone is 3. The average Bonchev–Trinajstić information content (AvgIpc) is 2.51. The molecule has 0 amide bonds. The molecule has 0 aromatic carbocycles. The summed E-state index contributed by atoms with van der Waals surface area (Å²) < 4.78 is 6.20. The van der Waals surface area contributed by atoms with Crippen molar-refractivity contribution in [2.24, 2.45) is 0 Å². The zero-order valence-electron chi connectivity index (χ0n) is 7.84. The Morgan fingerprint density at radius 3 is 2.85 bits per heavy atom. The van der Waals surface area contributed by atoms with Gasteiger partial charge in [0.05, 0.1) is 6.10 Å². The van der Waals surface area contributed by atoms with Crippen molar-refractivity contribution in [1.82, 2.24) is 0 Å². The standard InChI is InChI=1S/C10H13BrO2/c1-3-7(2)13-10(12)8-4-5-9(11)6-8/h4-5,7H,3,6H2,1-2H3. The molecule has 72 valence electrons. The number of carbonyl (C=O) groups is 1. The Morgan fingerprint density at radius 1 is 1.69 bits per heavy atom. The molecule has 0 N–H and O–H groups in total. The molecule has 0 bridgehead atoms. The Labute approximate surface area is 86.8 Å². The van der Waals surface area contributed by atoms with E-state index >= 15 is 0 Å². The van der Waals surface area contributed by atoms with Crippen LogP contribution in [0.1, 0.15) is 26.7 Å².